The van der Waals surface area contributed by atoms with Crippen molar-refractivity contribution in [3.8, 4) is 0 Å². The van der Waals surface area contributed by atoms with E-state index >= 15 is 0 Å². The first-order valence-electron chi connectivity index (χ1n) is 5.71. The summed E-state index contributed by atoms with van der Waals surface area (Å²) in [5, 5.41) is 3.29. The first-order valence-corrected chi connectivity index (χ1v) is 6.09. The van der Waals surface area contributed by atoms with Crippen LogP contribution in [0.25, 0.3) is 0 Å². The molecule has 4 nitrogen and oxygen atoms in total. The lowest BCUT2D eigenvalue weighted by Gasteiger charge is -2.24. The van der Waals surface area contributed by atoms with E-state index in [1.165, 1.54) is 0 Å². The summed E-state index contributed by atoms with van der Waals surface area (Å²) in [5.41, 5.74) is 1.02. The fourth-order valence-corrected chi connectivity index (χ4v) is 2.04. The van der Waals surface area contributed by atoms with Crippen LogP contribution >= 0.6 is 11.6 Å². The Morgan fingerprint density at radius 2 is 2.06 bits per heavy atom. The van der Waals surface area contributed by atoms with Gasteiger partial charge in [-0.3, -0.25) is 4.79 Å². The van der Waals surface area contributed by atoms with Crippen molar-refractivity contribution in [3.63, 3.8) is 0 Å². The molecular weight excluding hydrogens is 252 g/mol. The maximum atomic E-state index is 12.1. The second-order valence-electron chi connectivity index (χ2n) is 5.36. The van der Waals surface area contributed by atoms with E-state index in [2.05, 4.69) is 5.32 Å². The van der Waals surface area contributed by atoms with Crippen molar-refractivity contribution < 1.29 is 9.59 Å². The minimum Gasteiger partial charge on any atom is -0.333 e. The van der Waals surface area contributed by atoms with E-state index in [-0.39, 0.29) is 12.3 Å². The molecule has 2 rings (SSSR count). The molecule has 0 aromatic heterocycles. The summed E-state index contributed by atoms with van der Waals surface area (Å²) in [5.74, 6) is -0.228. The fraction of sp³-hybridized carbons (Fsp3) is 0.385. The van der Waals surface area contributed by atoms with E-state index in [1.807, 2.05) is 20.8 Å². The smallest absolute Gasteiger partial charge is 0.329 e. The number of carbonyl (C=O) groups is 2. The van der Waals surface area contributed by atoms with Crippen LogP contribution in [-0.2, 0) is 11.2 Å². The Kier molecular flexibility index (Phi) is 3.07. The van der Waals surface area contributed by atoms with Gasteiger partial charge in [0.2, 0.25) is 5.91 Å². The summed E-state index contributed by atoms with van der Waals surface area (Å²) in [7, 11) is 0. The van der Waals surface area contributed by atoms with E-state index in [0.29, 0.717) is 10.7 Å². The van der Waals surface area contributed by atoms with Crippen molar-refractivity contribution in [2.75, 3.05) is 4.90 Å². The molecule has 0 saturated carbocycles. The molecule has 0 bridgehead atoms. The van der Waals surface area contributed by atoms with Gasteiger partial charge in [-0.05, 0) is 38.5 Å². The molecule has 0 radical (unpaired) electrons. The van der Waals surface area contributed by atoms with Gasteiger partial charge in [0.05, 0.1) is 12.1 Å². The molecule has 0 saturated heterocycles. The molecule has 1 aliphatic rings. The Balaban J connectivity index is 2.33. The predicted molar refractivity (Wildman–Crippen MR) is 70.9 cm³/mol. The van der Waals surface area contributed by atoms with Crippen molar-refractivity contribution in [1.29, 1.82) is 0 Å². The second kappa shape index (κ2) is 4.28. The zero-order valence-corrected chi connectivity index (χ0v) is 11.3. The highest BCUT2D eigenvalue weighted by Gasteiger charge is 2.33. The number of fused-ring (bicyclic) bond motifs is 1. The van der Waals surface area contributed by atoms with Crippen LogP contribution in [0.4, 0.5) is 10.5 Å². The summed E-state index contributed by atoms with van der Waals surface area (Å²) < 4.78 is 0. The van der Waals surface area contributed by atoms with Gasteiger partial charge in [-0.15, -0.1) is 0 Å². The average molecular weight is 267 g/mol. The molecule has 96 valence electrons. The third-order valence-corrected chi connectivity index (χ3v) is 2.80. The lowest BCUT2D eigenvalue weighted by molar-refractivity contribution is -0.116. The maximum Gasteiger partial charge on any atom is 0.329 e. The number of urea groups is 1. The summed E-state index contributed by atoms with van der Waals surface area (Å²) >= 11 is 5.90. The van der Waals surface area contributed by atoms with Crippen molar-refractivity contribution in [3.05, 3.63) is 28.8 Å². The Labute approximate surface area is 111 Å². The molecular formula is C13H15ClN2O2. The number of hydrogen-bond acceptors (Lipinski definition) is 2. The van der Waals surface area contributed by atoms with Crippen LogP contribution in [0.5, 0.6) is 0 Å². The van der Waals surface area contributed by atoms with E-state index in [4.69, 9.17) is 11.6 Å². The van der Waals surface area contributed by atoms with Gasteiger partial charge in [0.1, 0.15) is 0 Å². The molecule has 1 aromatic carbocycles. The van der Waals surface area contributed by atoms with Crippen LogP contribution in [0.15, 0.2) is 18.2 Å². The van der Waals surface area contributed by atoms with E-state index in [1.54, 1.807) is 18.2 Å². The number of halogens is 1. The van der Waals surface area contributed by atoms with E-state index in [0.717, 1.165) is 10.5 Å². The summed E-state index contributed by atoms with van der Waals surface area (Å²) in [6, 6.07) is 4.73. The molecule has 0 unspecified atom stereocenters. The molecule has 0 spiro atoms. The Morgan fingerprint density at radius 3 is 2.67 bits per heavy atom. The quantitative estimate of drug-likeness (QED) is 0.785. The van der Waals surface area contributed by atoms with E-state index < -0.39 is 11.6 Å². The normalized spacial score (nSPS) is 14.7. The molecule has 1 aliphatic heterocycles. The van der Waals surface area contributed by atoms with E-state index in [9.17, 15) is 9.59 Å². The molecule has 3 amide bonds. The zero-order chi connectivity index (χ0) is 13.5. The molecule has 0 atom stereocenters. The Morgan fingerprint density at radius 1 is 1.39 bits per heavy atom. The fourth-order valence-electron chi connectivity index (χ4n) is 1.87. The van der Waals surface area contributed by atoms with Gasteiger partial charge in [0.25, 0.3) is 0 Å². The number of nitrogens with one attached hydrogen (secondary N) is 1. The SMILES string of the molecule is CC(C)(C)NC(=O)N1C(=O)Cc2ccc(Cl)cc21. The number of amides is 3. The topological polar surface area (TPSA) is 49.4 Å². The number of nitrogens with zero attached hydrogens (tertiary/aromatic N) is 1. The highest BCUT2D eigenvalue weighted by atomic mass is 35.5. The molecule has 1 N–H and O–H groups in total. The minimum atomic E-state index is -0.409. The average Bonchev–Trinajstić information content (AvgIpc) is 2.50. The lowest BCUT2D eigenvalue weighted by atomic mass is 10.1. The molecule has 0 aliphatic carbocycles. The van der Waals surface area contributed by atoms with Crippen LogP contribution in [0.3, 0.4) is 0 Å². The standard InChI is InChI=1S/C13H15ClN2O2/c1-13(2,3)15-12(18)16-10-7-9(14)5-4-8(10)6-11(16)17/h4-5,7H,6H2,1-3H3,(H,15,18). The number of hydrogen-bond donors (Lipinski definition) is 1. The number of imide groups is 1. The molecule has 18 heavy (non-hydrogen) atoms. The minimum absolute atomic E-state index is 0.228. The number of benzene rings is 1. The summed E-state index contributed by atoms with van der Waals surface area (Å²) in [6.45, 7) is 5.60. The zero-order valence-electron chi connectivity index (χ0n) is 10.6. The predicted octanol–water partition coefficient (Wildman–Crippen LogP) is 2.74. The first kappa shape index (κ1) is 12.9. The van der Waals surface area contributed by atoms with Gasteiger partial charge in [0, 0.05) is 10.6 Å². The van der Waals surface area contributed by atoms with Crippen LogP contribution in [0, 0.1) is 0 Å². The van der Waals surface area contributed by atoms with Gasteiger partial charge in [-0.25, -0.2) is 9.69 Å². The number of anilines is 1. The highest BCUT2D eigenvalue weighted by molar-refractivity contribution is 6.31. The highest BCUT2D eigenvalue weighted by Crippen LogP contribution is 2.31. The van der Waals surface area contributed by atoms with Crippen molar-refractivity contribution in [2.24, 2.45) is 0 Å². The summed E-state index contributed by atoms with van der Waals surface area (Å²) in [4.78, 5) is 25.1. The second-order valence-corrected chi connectivity index (χ2v) is 5.80. The number of rotatable bonds is 0. The van der Waals surface area contributed by atoms with Gasteiger partial charge in [-0.1, -0.05) is 17.7 Å². The first-order chi connectivity index (χ1) is 8.28. The van der Waals surface area contributed by atoms with Crippen molar-refractivity contribution >= 4 is 29.2 Å². The van der Waals surface area contributed by atoms with Crippen LogP contribution < -0.4 is 10.2 Å². The van der Waals surface area contributed by atoms with Gasteiger partial charge in [-0.2, -0.15) is 0 Å². The Hall–Kier alpha value is -1.55. The molecule has 1 heterocycles. The summed E-state index contributed by atoms with van der Waals surface area (Å²) in [6.07, 6.45) is 0.240. The molecule has 0 fully saturated rings. The van der Waals surface area contributed by atoms with Crippen molar-refractivity contribution in [1.82, 2.24) is 5.32 Å². The monoisotopic (exact) mass is 266 g/mol. The van der Waals surface area contributed by atoms with Crippen molar-refractivity contribution in [2.45, 2.75) is 32.7 Å². The third-order valence-electron chi connectivity index (χ3n) is 2.56. The number of carbonyl (C=O) groups excluding carboxylic acids is 2. The van der Waals surface area contributed by atoms with Crippen LogP contribution in [-0.4, -0.2) is 17.5 Å². The molecule has 1 aromatic rings. The Bertz CT molecular complexity index is 520. The van der Waals surface area contributed by atoms with Gasteiger partial charge < -0.3 is 5.32 Å². The van der Waals surface area contributed by atoms with Crippen LogP contribution in [0.2, 0.25) is 5.02 Å². The lowest BCUT2D eigenvalue weighted by Crippen LogP contribution is -2.49. The van der Waals surface area contributed by atoms with Crippen LogP contribution in [0.1, 0.15) is 26.3 Å². The molecule has 5 heteroatoms. The third kappa shape index (κ3) is 2.48. The maximum absolute atomic E-state index is 12.1. The van der Waals surface area contributed by atoms with Gasteiger partial charge >= 0.3 is 6.03 Å². The largest absolute Gasteiger partial charge is 0.333 e. The van der Waals surface area contributed by atoms with Gasteiger partial charge in [0.15, 0.2) is 0 Å².